The van der Waals surface area contributed by atoms with Crippen molar-refractivity contribution >= 4 is 5.57 Å². The minimum absolute atomic E-state index is 0.556. The lowest BCUT2D eigenvalue weighted by Gasteiger charge is -2.33. The zero-order valence-corrected chi connectivity index (χ0v) is 14.3. The molecule has 0 fully saturated rings. The van der Waals surface area contributed by atoms with Gasteiger partial charge in [0.15, 0.2) is 0 Å². The monoisotopic (exact) mass is 284 g/mol. The third-order valence-electron chi connectivity index (χ3n) is 5.09. The van der Waals surface area contributed by atoms with E-state index in [1.54, 1.807) is 5.57 Å². The molecule has 0 nitrogen and oxygen atoms in total. The van der Waals surface area contributed by atoms with E-state index in [0.29, 0.717) is 5.41 Å². The van der Waals surface area contributed by atoms with Gasteiger partial charge in [-0.15, -0.1) is 0 Å². The van der Waals surface area contributed by atoms with Crippen molar-refractivity contribution < 1.29 is 0 Å². The average Bonchev–Trinajstić information content (AvgIpc) is 2.50. The molecule has 21 heavy (non-hydrogen) atoms. The predicted octanol–water partition coefficient (Wildman–Crippen LogP) is 6.79. The van der Waals surface area contributed by atoms with Crippen molar-refractivity contribution in [2.45, 2.75) is 78.6 Å². The molecule has 1 unspecified atom stereocenters. The normalized spacial score (nSPS) is 22.1. The second-order valence-electron chi connectivity index (χ2n) is 7.15. The molecule has 1 aromatic carbocycles. The highest BCUT2D eigenvalue weighted by Crippen LogP contribution is 2.41. The maximum absolute atomic E-state index is 2.52. The average molecular weight is 284 g/mol. The molecule has 0 amide bonds. The minimum atomic E-state index is 0.556. The van der Waals surface area contributed by atoms with Crippen LogP contribution in [0.5, 0.6) is 0 Å². The standard InChI is InChI=1S/C21H32/c1-4-6-7-15-21(3)16-13-20(14-17-21)19-11-9-18(8-5-2)10-12-19/h9-13H,4-8,14-17H2,1-3H3. The highest BCUT2D eigenvalue weighted by molar-refractivity contribution is 5.66. The number of aryl methyl sites for hydroxylation is 1. The third-order valence-corrected chi connectivity index (χ3v) is 5.09. The van der Waals surface area contributed by atoms with Crippen molar-refractivity contribution in [3.8, 4) is 0 Å². The molecule has 0 heteroatoms. The molecule has 1 aliphatic carbocycles. The molecular weight excluding hydrogens is 252 g/mol. The molecule has 1 aromatic rings. The summed E-state index contributed by atoms with van der Waals surface area (Å²) in [5, 5.41) is 0. The van der Waals surface area contributed by atoms with Crippen LogP contribution in [-0.4, -0.2) is 0 Å². The number of hydrogen-bond donors (Lipinski definition) is 0. The number of allylic oxidation sites excluding steroid dienone is 2. The summed E-state index contributed by atoms with van der Waals surface area (Å²) < 4.78 is 0. The number of hydrogen-bond acceptors (Lipinski definition) is 0. The molecule has 2 rings (SSSR count). The van der Waals surface area contributed by atoms with Crippen molar-refractivity contribution in [3.63, 3.8) is 0 Å². The van der Waals surface area contributed by atoms with Crippen LogP contribution in [0.2, 0.25) is 0 Å². The lowest BCUT2D eigenvalue weighted by atomic mass is 9.72. The van der Waals surface area contributed by atoms with Crippen molar-refractivity contribution in [2.24, 2.45) is 5.41 Å². The van der Waals surface area contributed by atoms with Crippen molar-refractivity contribution in [3.05, 3.63) is 41.5 Å². The van der Waals surface area contributed by atoms with Gasteiger partial charge in [0, 0.05) is 0 Å². The zero-order chi connectivity index (χ0) is 15.1. The summed E-state index contributed by atoms with van der Waals surface area (Å²) in [5.41, 5.74) is 5.06. The van der Waals surface area contributed by atoms with E-state index in [2.05, 4.69) is 51.1 Å². The Balaban J connectivity index is 1.95. The van der Waals surface area contributed by atoms with Gasteiger partial charge in [-0.25, -0.2) is 0 Å². The minimum Gasteiger partial charge on any atom is -0.0802 e. The smallest absolute Gasteiger partial charge is 0.0228 e. The topological polar surface area (TPSA) is 0 Å². The Hall–Kier alpha value is -1.04. The molecule has 0 heterocycles. The molecule has 0 saturated carbocycles. The molecule has 1 aliphatic rings. The summed E-state index contributed by atoms with van der Waals surface area (Å²) in [5.74, 6) is 0. The SMILES string of the molecule is CCCCCC1(C)CC=C(c2ccc(CCC)cc2)CC1. The Morgan fingerprint density at radius 1 is 1.00 bits per heavy atom. The van der Waals surface area contributed by atoms with E-state index in [-0.39, 0.29) is 0 Å². The highest BCUT2D eigenvalue weighted by atomic mass is 14.3. The highest BCUT2D eigenvalue weighted by Gasteiger charge is 2.26. The quantitative estimate of drug-likeness (QED) is 0.483. The number of rotatable bonds is 7. The van der Waals surface area contributed by atoms with Crippen LogP contribution in [0.4, 0.5) is 0 Å². The zero-order valence-electron chi connectivity index (χ0n) is 14.3. The first-order valence-electron chi connectivity index (χ1n) is 8.95. The van der Waals surface area contributed by atoms with E-state index in [0.717, 1.165) is 0 Å². The van der Waals surface area contributed by atoms with Gasteiger partial charge in [0.05, 0.1) is 0 Å². The van der Waals surface area contributed by atoms with Crippen LogP contribution < -0.4 is 0 Å². The fraction of sp³-hybridized carbons (Fsp3) is 0.619. The lowest BCUT2D eigenvalue weighted by Crippen LogP contribution is -2.19. The van der Waals surface area contributed by atoms with E-state index in [9.17, 15) is 0 Å². The summed E-state index contributed by atoms with van der Waals surface area (Å²) in [6.45, 7) is 7.03. The lowest BCUT2D eigenvalue weighted by molar-refractivity contribution is 0.261. The van der Waals surface area contributed by atoms with Crippen LogP contribution >= 0.6 is 0 Å². The second kappa shape index (κ2) is 7.82. The van der Waals surface area contributed by atoms with Gasteiger partial charge in [-0.2, -0.15) is 0 Å². The van der Waals surface area contributed by atoms with Crippen LogP contribution in [0, 0.1) is 5.41 Å². The van der Waals surface area contributed by atoms with Gasteiger partial charge < -0.3 is 0 Å². The predicted molar refractivity (Wildman–Crippen MR) is 94.5 cm³/mol. The van der Waals surface area contributed by atoms with E-state index >= 15 is 0 Å². The molecule has 0 bridgehead atoms. The van der Waals surface area contributed by atoms with Gasteiger partial charge in [0.25, 0.3) is 0 Å². The molecular formula is C21H32. The van der Waals surface area contributed by atoms with E-state index < -0.39 is 0 Å². The van der Waals surface area contributed by atoms with Crippen molar-refractivity contribution in [1.82, 2.24) is 0 Å². The fourth-order valence-corrected chi connectivity index (χ4v) is 3.48. The van der Waals surface area contributed by atoms with E-state index in [1.807, 2.05) is 0 Å². The summed E-state index contributed by atoms with van der Waals surface area (Å²) >= 11 is 0. The molecule has 0 aromatic heterocycles. The van der Waals surface area contributed by atoms with Gasteiger partial charge in [0.1, 0.15) is 0 Å². The fourth-order valence-electron chi connectivity index (χ4n) is 3.48. The molecule has 1 atom stereocenters. The van der Waals surface area contributed by atoms with E-state index in [1.165, 1.54) is 68.9 Å². The summed E-state index contributed by atoms with van der Waals surface area (Å²) in [7, 11) is 0. The molecule has 116 valence electrons. The first kappa shape index (κ1) is 16.3. The van der Waals surface area contributed by atoms with Crippen LogP contribution in [-0.2, 0) is 6.42 Å². The summed E-state index contributed by atoms with van der Waals surface area (Å²) in [6, 6.07) is 9.29. The Morgan fingerprint density at radius 3 is 2.33 bits per heavy atom. The second-order valence-corrected chi connectivity index (χ2v) is 7.15. The van der Waals surface area contributed by atoms with Crippen molar-refractivity contribution in [2.75, 3.05) is 0 Å². The van der Waals surface area contributed by atoms with E-state index in [4.69, 9.17) is 0 Å². The molecule has 0 N–H and O–H groups in total. The Bertz CT molecular complexity index is 451. The summed E-state index contributed by atoms with van der Waals surface area (Å²) in [4.78, 5) is 0. The third kappa shape index (κ3) is 4.73. The van der Waals surface area contributed by atoms with Crippen LogP contribution in [0.25, 0.3) is 5.57 Å². The van der Waals surface area contributed by atoms with Gasteiger partial charge in [0.2, 0.25) is 0 Å². The first-order valence-corrected chi connectivity index (χ1v) is 8.95. The largest absolute Gasteiger partial charge is 0.0802 e. The van der Waals surface area contributed by atoms with Crippen LogP contribution in [0.15, 0.2) is 30.3 Å². The van der Waals surface area contributed by atoms with Crippen LogP contribution in [0.3, 0.4) is 0 Å². The first-order chi connectivity index (χ1) is 10.2. The molecule has 0 radical (unpaired) electrons. The maximum atomic E-state index is 2.52. The van der Waals surface area contributed by atoms with Crippen molar-refractivity contribution in [1.29, 1.82) is 0 Å². The Labute approximate surface area is 131 Å². The molecule has 0 spiro atoms. The summed E-state index contributed by atoms with van der Waals surface area (Å²) in [6.07, 6.45) is 14.4. The maximum Gasteiger partial charge on any atom is -0.0228 e. The van der Waals surface area contributed by atoms with Gasteiger partial charge in [-0.1, -0.05) is 76.8 Å². The molecule has 0 saturated heterocycles. The Morgan fingerprint density at radius 2 is 1.76 bits per heavy atom. The van der Waals surface area contributed by atoms with Crippen LogP contribution in [0.1, 0.15) is 83.3 Å². The number of benzene rings is 1. The Kier molecular flexibility index (Phi) is 6.08. The van der Waals surface area contributed by atoms with Gasteiger partial charge >= 0.3 is 0 Å². The number of unbranched alkanes of at least 4 members (excludes halogenated alkanes) is 2. The van der Waals surface area contributed by atoms with Gasteiger partial charge in [-0.3, -0.25) is 0 Å². The van der Waals surface area contributed by atoms with Gasteiger partial charge in [-0.05, 0) is 54.2 Å². The molecule has 0 aliphatic heterocycles.